The molecule has 16 heavy (non-hydrogen) atoms. The normalized spacial score (nSPS) is 9.75. The van der Waals surface area contributed by atoms with Crippen molar-refractivity contribution in [1.82, 2.24) is 0 Å². The number of carbonyl (C=O) groups is 2. The second kappa shape index (κ2) is 5.75. The molecule has 1 aromatic carbocycles. The highest BCUT2D eigenvalue weighted by Crippen LogP contribution is 2.10. The molecule has 0 radical (unpaired) electrons. The van der Waals surface area contributed by atoms with Crippen molar-refractivity contribution in [2.45, 2.75) is 12.8 Å². The van der Waals surface area contributed by atoms with E-state index in [0.717, 1.165) is 5.56 Å². The van der Waals surface area contributed by atoms with Crippen molar-refractivity contribution in [3.05, 3.63) is 29.8 Å². The Kier molecular flexibility index (Phi) is 4.32. The molecule has 0 fully saturated rings. The van der Waals surface area contributed by atoms with Crippen molar-refractivity contribution in [2.75, 3.05) is 11.9 Å². The Hall–Kier alpha value is -2.04. The largest absolute Gasteiger partial charge is 0.481 e. The van der Waals surface area contributed by atoms with Crippen LogP contribution in [-0.2, 0) is 16.0 Å². The van der Waals surface area contributed by atoms with Crippen molar-refractivity contribution in [1.29, 1.82) is 0 Å². The van der Waals surface area contributed by atoms with Crippen molar-refractivity contribution in [3.63, 3.8) is 0 Å². The minimum Gasteiger partial charge on any atom is -0.481 e. The lowest BCUT2D eigenvalue weighted by molar-refractivity contribution is -0.137. The smallest absolute Gasteiger partial charge is 0.322 e. The molecule has 0 spiro atoms. The third-order valence-electron chi connectivity index (χ3n) is 2.03. The number of hydrogen-bond donors (Lipinski definition) is 3. The second-order valence-corrected chi connectivity index (χ2v) is 3.34. The SMILES string of the molecule is O=C(O)CCc1ccc(NCC(=O)O)cc1. The summed E-state index contributed by atoms with van der Waals surface area (Å²) in [6.45, 7) is -0.130. The molecule has 1 rings (SSSR count). The van der Waals surface area contributed by atoms with E-state index in [2.05, 4.69) is 5.32 Å². The number of carboxylic acid groups (broad SMARTS) is 2. The van der Waals surface area contributed by atoms with E-state index >= 15 is 0 Å². The molecule has 0 saturated heterocycles. The molecule has 0 aliphatic rings. The van der Waals surface area contributed by atoms with Gasteiger partial charge in [-0.1, -0.05) is 12.1 Å². The number of rotatable bonds is 6. The lowest BCUT2D eigenvalue weighted by atomic mass is 10.1. The number of carboxylic acids is 2. The van der Waals surface area contributed by atoms with Gasteiger partial charge in [0.15, 0.2) is 0 Å². The average Bonchev–Trinajstić information content (AvgIpc) is 2.25. The summed E-state index contributed by atoms with van der Waals surface area (Å²) in [6, 6.07) is 7.04. The van der Waals surface area contributed by atoms with Gasteiger partial charge >= 0.3 is 11.9 Å². The van der Waals surface area contributed by atoms with E-state index in [1.54, 1.807) is 24.3 Å². The van der Waals surface area contributed by atoms with E-state index in [9.17, 15) is 9.59 Å². The van der Waals surface area contributed by atoms with E-state index in [0.29, 0.717) is 12.1 Å². The Bertz CT molecular complexity index is 335. The van der Waals surface area contributed by atoms with Gasteiger partial charge in [-0.3, -0.25) is 9.59 Å². The Morgan fingerprint density at radius 2 is 1.69 bits per heavy atom. The molecule has 0 aliphatic carbocycles. The van der Waals surface area contributed by atoms with Gasteiger partial charge in [0.25, 0.3) is 0 Å². The lowest BCUT2D eigenvalue weighted by Crippen LogP contribution is -2.12. The number of aliphatic carboxylic acids is 2. The van der Waals surface area contributed by atoms with E-state index in [1.165, 1.54) is 0 Å². The summed E-state index contributed by atoms with van der Waals surface area (Å²) in [5.74, 6) is -1.75. The van der Waals surface area contributed by atoms with Crippen LogP contribution in [0.1, 0.15) is 12.0 Å². The average molecular weight is 223 g/mol. The zero-order valence-corrected chi connectivity index (χ0v) is 8.64. The predicted molar refractivity (Wildman–Crippen MR) is 58.5 cm³/mol. The Morgan fingerprint density at radius 1 is 1.06 bits per heavy atom. The third kappa shape index (κ3) is 4.45. The maximum absolute atomic E-state index is 10.3. The number of anilines is 1. The fourth-order valence-electron chi connectivity index (χ4n) is 1.22. The molecule has 3 N–H and O–H groups in total. The van der Waals surface area contributed by atoms with Gasteiger partial charge in [-0.2, -0.15) is 0 Å². The third-order valence-corrected chi connectivity index (χ3v) is 2.03. The fourth-order valence-corrected chi connectivity index (χ4v) is 1.22. The van der Waals surface area contributed by atoms with Gasteiger partial charge in [0.1, 0.15) is 6.54 Å². The first-order valence-corrected chi connectivity index (χ1v) is 4.84. The molecule has 0 amide bonds. The van der Waals surface area contributed by atoms with Crippen molar-refractivity contribution in [3.8, 4) is 0 Å². The first-order valence-electron chi connectivity index (χ1n) is 4.84. The molecule has 5 nitrogen and oxygen atoms in total. The number of aryl methyl sites for hydroxylation is 1. The number of nitrogens with one attached hydrogen (secondary N) is 1. The lowest BCUT2D eigenvalue weighted by Gasteiger charge is -2.04. The molecule has 86 valence electrons. The van der Waals surface area contributed by atoms with Gasteiger partial charge in [-0.25, -0.2) is 0 Å². The van der Waals surface area contributed by atoms with Crippen LogP contribution < -0.4 is 5.32 Å². The van der Waals surface area contributed by atoms with Gasteiger partial charge < -0.3 is 15.5 Å². The fraction of sp³-hybridized carbons (Fsp3) is 0.273. The molecule has 0 atom stereocenters. The van der Waals surface area contributed by atoms with Crippen molar-refractivity contribution in [2.24, 2.45) is 0 Å². The first kappa shape index (κ1) is 12.0. The van der Waals surface area contributed by atoms with Crippen LogP contribution in [0, 0.1) is 0 Å². The summed E-state index contributed by atoms with van der Waals surface area (Å²) < 4.78 is 0. The summed E-state index contributed by atoms with van der Waals surface area (Å²) in [6.07, 6.45) is 0.580. The predicted octanol–water partition coefficient (Wildman–Crippen LogP) is 1.20. The maximum atomic E-state index is 10.3. The molecule has 0 saturated carbocycles. The van der Waals surface area contributed by atoms with Crippen LogP contribution in [0.2, 0.25) is 0 Å². The van der Waals surface area contributed by atoms with Gasteiger partial charge in [-0.05, 0) is 24.1 Å². The standard InChI is InChI=1S/C11H13NO4/c13-10(14)6-3-8-1-4-9(5-2-8)12-7-11(15)16/h1-2,4-5,12H,3,6-7H2,(H,13,14)(H,15,16). The minimum atomic E-state index is -0.921. The van der Waals surface area contributed by atoms with Crippen LogP contribution in [0.3, 0.4) is 0 Å². The molecular weight excluding hydrogens is 210 g/mol. The first-order chi connectivity index (χ1) is 7.58. The van der Waals surface area contributed by atoms with Crippen LogP contribution in [0.5, 0.6) is 0 Å². The summed E-state index contributed by atoms with van der Waals surface area (Å²) in [4.78, 5) is 20.6. The molecular formula is C11H13NO4. The van der Waals surface area contributed by atoms with Crippen molar-refractivity contribution < 1.29 is 19.8 Å². The molecule has 0 aromatic heterocycles. The van der Waals surface area contributed by atoms with E-state index in [4.69, 9.17) is 10.2 Å². The van der Waals surface area contributed by atoms with Gasteiger partial charge in [0.2, 0.25) is 0 Å². The van der Waals surface area contributed by atoms with Crippen LogP contribution in [0.25, 0.3) is 0 Å². The Morgan fingerprint density at radius 3 is 2.19 bits per heavy atom. The molecule has 0 unspecified atom stereocenters. The van der Waals surface area contributed by atoms with Crippen LogP contribution >= 0.6 is 0 Å². The zero-order valence-electron chi connectivity index (χ0n) is 8.64. The molecule has 0 bridgehead atoms. The highest BCUT2D eigenvalue weighted by Gasteiger charge is 2.00. The number of benzene rings is 1. The monoisotopic (exact) mass is 223 g/mol. The summed E-state index contributed by atoms with van der Waals surface area (Å²) in [7, 11) is 0. The minimum absolute atomic E-state index is 0.0991. The van der Waals surface area contributed by atoms with Crippen LogP contribution in [0.4, 0.5) is 5.69 Å². The summed E-state index contributed by atoms with van der Waals surface area (Å²) in [5, 5.41) is 19.7. The summed E-state index contributed by atoms with van der Waals surface area (Å²) in [5.41, 5.74) is 1.63. The molecule has 1 aromatic rings. The van der Waals surface area contributed by atoms with Gasteiger partial charge in [0.05, 0.1) is 0 Å². The zero-order chi connectivity index (χ0) is 12.0. The van der Waals surface area contributed by atoms with E-state index in [-0.39, 0.29) is 13.0 Å². The highest BCUT2D eigenvalue weighted by molar-refractivity contribution is 5.72. The Balaban J connectivity index is 2.47. The second-order valence-electron chi connectivity index (χ2n) is 3.34. The number of hydrogen-bond acceptors (Lipinski definition) is 3. The quantitative estimate of drug-likeness (QED) is 0.674. The Labute approximate surface area is 92.7 Å². The summed E-state index contributed by atoms with van der Waals surface area (Å²) >= 11 is 0. The maximum Gasteiger partial charge on any atom is 0.322 e. The molecule has 5 heteroatoms. The van der Waals surface area contributed by atoms with Gasteiger partial charge in [0, 0.05) is 12.1 Å². The highest BCUT2D eigenvalue weighted by atomic mass is 16.4. The van der Waals surface area contributed by atoms with Crippen molar-refractivity contribution >= 4 is 17.6 Å². The van der Waals surface area contributed by atoms with Gasteiger partial charge in [-0.15, -0.1) is 0 Å². The topological polar surface area (TPSA) is 86.6 Å². The van der Waals surface area contributed by atoms with E-state index in [1.807, 2.05) is 0 Å². The van der Waals surface area contributed by atoms with E-state index < -0.39 is 11.9 Å². The molecule has 0 aliphatic heterocycles. The molecule has 0 heterocycles. The van der Waals surface area contributed by atoms with Crippen LogP contribution in [-0.4, -0.2) is 28.7 Å². The van der Waals surface area contributed by atoms with Crippen LogP contribution in [0.15, 0.2) is 24.3 Å².